The lowest BCUT2D eigenvalue weighted by atomic mass is 10.3. The van der Waals surface area contributed by atoms with E-state index in [1.807, 2.05) is 0 Å². The topological polar surface area (TPSA) is 51.2 Å². The largest absolute Gasteiger partial charge is 0.445 e. The lowest BCUT2D eigenvalue weighted by Crippen LogP contribution is -2.30. The fourth-order valence-corrected chi connectivity index (χ4v) is 2.69. The average molecular weight is 372 g/mol. The molecule has 21 heavy (non-hydrogen) atoms. The molecule has 0 aliphatic carbocycles. The van der Waals surface area contributed by atoms with Gasteiger partial charge in [-0.3, -0.25) is 0 Å². The summed E-state index contributed by atoms with van der Waals surface area (Å²) in [5.41, 5.74) is 0.666. The van der Waals surface area contributed by atoms with Crippen LogP contribution in [0.1, 0.15) is 18.0 Å². The van der Waals surface area contributed by atoms with E-state index in [0.29, 0.717) is 15.2 Å². The minimum atomic E-state index is -1.66. The van der Waals surface area contributed by atoms with Crippen LogP contribution in [0, 0.1) is 5.82 Å². The minimum absolute atomic E-state index is 0.333. The SMILES string of the molecule is CC(NC(=O)OCC(Cl)(Cl)Cl)c1nc2ccc(F)cc2s1. The Labute approximate surface area is 139 Å². The molecule has 1 unspecified atom stereocenters. The molecule has 0 saturated heterocycles. The van der Waals surface area contributed by atoms with Crippen molar-refractivity contribution in [3.63, 3.8) is 0 Å². The maximum Gasteiger partial charge on any atom is 0.407 e. The normalized spacial score (nSPS) is 13.2. The van der Waals surface area contributed by atoms with Gasteiger partial charge in [-0.25, -0.2) is 14.2 Å². The molecule has 0 spiro atoms. The number of amides is 1. The number of aromatic nitrogens is 1. The summed E-state index contributed by atoms with van der Waals surface area (Å²) in [7, 11) is 0. The van der Waals surface area contributed by atoms with Gasteiger partial charge in [-0.15, -0.1) is 11.3 Å². The second-order valence-corrected chi connectivity index (χ2v) is 7.80. The first kappa shape index (κ1) is 16.5. The number of benzene rings is 1. The van der Waals surface area contributed by atoms with Crippen molar-refractivity contribution < 1.29 is 13.9 Å². The Balaban J connectivity index is 2.01. The fourth-order valence-electron chi connectivity index (χ4n) is 1.53. The Morgan fingerprint density at radius 2 is 2.24 bits per heavy atom. The quantitative estimate of drug-likeness (QED) is 0.803. The number of carbonyl (C=O) groups excluding carboxylic acids is 1. The zero-order chi connectivity index (χ0) is 15.6. The van der Waals surface area contributed by atoms with Gasteiger partial charge in [0.05, 0.1) is 16.3 Å². The van der Waals surface area contributed by atoms with E-state index < -0.39 is 15.9 Å². The first-order chi connectivity index (χ1) is 9.74. The number of thiazole rings is 1. The monoisotopic (exact) mass is 370 g/mol. The fraction of sp³-hybridized carbons (Fsp3) is 0.333. The number of nitrogens with one attached hydrogen (secondary N) is 1. The van der Waals surface area contributed by atoms with Gasteiger partial charge in [0, 0.05) is 0 Å². The van der Waals surface area contributed by atoms with Crippen LogP contribution in [0.3, 0.4) is 0 Å². The van der Waals surface area contributed by atoms with Crippen LogP contribution in [0.2, 0.25) is 0 Å². The molecule has 1 aromatic heterocycles. The minimum Gasteiger partial charge on any atom is -0.445 e. The van der Waals surface area contributed by atoms with Crippen LogP contribution in [0.5, 0.6) is 0 Å². The summed E-state index contributed by atoms with van der Waals surface area (Å²) in [6, 6.07) is 3.90. The van der Waals surface area contributed by atoms with Crippen molar-refractivity contribution >= 4 is 62.4 Å². The summed E-state index contributed by atoms with van der Waals surface area (Å²) < 4.78 is 16.9. The molecule has 0 bridgehead atoms. The van der Waals surface area contributed by atoms with E-state index in [2.05, 4.69) is 10.3 Å². The molecule has 0 saturated carbocycles. The second-order valence-electron chi connectivity index (χ2n) is 4.22. The molecule has 9 heteroatoms. The molecular weight excluding hydrogens is 362 g/mol. The molecule has 0 fully saturated rings. The summed E-state index contributed by atoms with van der Waals surface area (Å²) in [4.78, 5) is 15.9. The number of hydrogen-bond donors (Lipinski definition) is 1. The lowest BCUT2D eigenvalue weighted by molar-refractivity contribution is 0.145. The van der Waals surface area contributed by atoms with Crippen molar-refractivity contribution in [1.82, 2.24) is 10.3 Å². The Morgan fingerprint density at radius 1 is 1.52 bits per heavy atom. The van der Waals surface area contributed by atoms with Gasteiger partial charge in [0.2, 0.25) is 3.79 Å². The van der Waals surface area contributed by atoms with Crippen LogP contribution in [0.25, 0.3) is 10.2 Å². The third kappa shape index (κ3) is 4.85. The van der Waals surface area contributed by atoms with Crippen LogP contribution in [0.15, 0.2) is 18.2 Å². The number of carbonyl (C=O) groups is 1. The van der Waals surface area contributed by atoms with E-state index in [0.717, 1.165) is 0 Å². The van der Waals surface area contributed by atoms with Crippen LogP contribution in [0.4, 0.5) is 9.18 Å². The van der Waals surface area contributed by atoms with Gasteiger partial charge in [-0.05, 0) is 25.1 Å². The molecule has 0 radical (unpaired) electrons. The number of rotatable bonds is 3. The molecule has 0 aliphatic heterocycles. The predicted octanol–water partition coefficient (Wildman–Crippen LogP) is 4.59. The van der Waals surface area contributed by atoms with Crippen molar-refractivity contribution in [1.29, 1.82) is 0 Å². The van der Waals surface area contributed by atoms with Gasteiger partial charge in [-0.2, -0.15) is 0 Å². The standard InChI is InChI=1S/C12H10Cl3FN2O2S/c1-6(17-11(19)20-5-12(13,14)15)10-18-8-3-2-7(16)4-9(8)21-10/h2-4,6H,5H2,1H3,(H,17,19). The summed E-state index contributed by atoms with van der Waals surface area (Å²) >= 11 is 17.7. The summed E-state index contributed by atoms with van der Waals surface area (Å²) in [6.07, 6.45) is -0.723. The molecular formula is C12H10Cl3FN2O2S. The zero-order valence-corrected chi connectivity index (χ0v) is 13.8. The maximum absolute atomic E-state index is 13.1. The van der Waals surface area contributed by atoms with E-state index in [9.17, 15) is 9.18 Å². The summed E-state index contributed by atoms with van der Waals surface area (Å²) in [5.74, 6) is -0.333. The van der Waals surface area contributed by atoms with Crippen LogP contribution in [-0.2, 0) is 4.74 Å². The number of hydrogen-bond acceptors (Lipinski definition) is 4. The van der Waals surface area contributed by atoms with Crippen LogP contribution < -0.4 is 5.32 Å². The highest BCUT2D eigenvalue weighted by molar-refractivity contribution is 7.18. The highest BCUT2D eigenvalue weighted by Gasteiger charge is 2.23. The molecule has 1 aromatic carbocycles. The number of nitrogens with zero attached hydrogens (tertiary/aromatic N) is 1. The van der Waals surface area contributed by atoms with Gasteiger partial charge in [-0.1, -0.05) is 34.8 Å². The predicted molar refractivity (Wildman–Crippen MR) is 82.8 cm³/mol. The Kier molecular flexibility index (Phi) is 5.14. The van der Waals surface area contributed by atoms with Crippen molar-refractivity contribution in [2.45, 2.75) is 16.8 Å². The van der Waals surface area contributed by atoms with Crippen LogP contribution in [-0.4, -0.2) is 21.5 Å². The van der Waals surface area contributed by atoms with Crippen molar-refractivity contribution in [3.05, 3.63) is 29.0 Å². The Bertz CT molecular complexity index is 659. The van der Waals surface area contributed by atoms with E-state index in [4.69, 9.17) is 39.5 Å². The third-order valence-corrected chi connectivity index (χ3v) is 3.97. The van der Waals surface area contributed by atoms with Crippen molar-refractivity contribution in [2.75, 3.05) is 6.61 Å². The number of alkyl carbamates (subject to hydrolysis) is 1. The first-order valence-corrected chi connectivity index (χ1v) is 7.75. The van der Waals surface area contributed by atoms with Gasteiger partial charge in [0.15, 0.2) is 0 Å². The molecule has 1 atom stereocenters. The van der Waals surface area contributed by atoms with Gasteiger partial charge in [0.1, 0.15) is 17.4 Å². The smallest absolute Gasteiger partial charge is 0.407 e. The molecule has 2 rings (SSSR count). The second kappa shape index (κ2) is 6.52. The molecule has 2 aromatic rings. The van der Waals surface area contributed by atoms with Crippen molar-refractivity contribution in [2.24, 2.45) is 0 Å². The molecule has 1 amide bonds. The Morgan fingerprint density at radius 3 is 2.90 bits per heavy atom. The number of ether oxygens (including phenoxy) is 1. The highest BCUT2D eigenvalue weighted by atomic mass is 35.6. The summed E-state index contributed by atoms with van der Waals surface area (Å²) in [6.45, 7) is 1.37. The summed E-state index contributed by atoms with van der Waals surface area (Å²) in [5, 5.41) is 3.19. The molecule has 114 valence electrons. The van der Waals surface area contributed by atoms with E-state index in [1.165, 1.54) is 23.5 Å². The molecule has 0 aliphatic rings. The van der Waals surface area contributed by atoms with Gasteiger partial charge < -0.3 is 10.1 Å². The molecule has 4 nitrogen and oxygen atoms in total. The van der Waals surface area contributed by atoms with E-state index in [1.54, 1.807) is 13.0 Å². The highest BCUT2D eigenvalue weighted by Crippen LogP contribution is 2.28. The first-order valence-electron chi connectivity index (χ1n) is 5.80. The van der Waals surface area contributed by atoms with Gasteiger partial charge >= 0.3 is 6.09 Å². The Hall–Kier alpha value is -0.820. The van der Waals surface area contributed by atoms with E-state index >= 15 is 0 Å². The molecule has 1 heterocycles. The van der Waals surface area contributed by atoms with Crippen molar-refractivity contribution in [3.8, 4) is 0 Å². The van der Waals surface area contributed by atoms with Gasteiger partial charge in [0.25, 0.3) is 0 Å². The number of halogens is 4. The van der Waals surface area contributed by atoms with Crippen LogP contribution >= 0.6 is 46.1 Å². The lowest BCUT2D eigenvalue weighted by Gasteiger charge is -2.14. The average Bonchev–Trinajstić information content (AvgIpc) is 2.78. The zero-order valence-electron chi connectivity index (χ0n) is 10.7. The number of fused-ring (bicyclic) bond motifs is 1. The molecule has 1 N–H and O–H groups in total. The third-order valence-electron chi connectivity index (χ3n) is 2.44. The van der Waals surface area contributed by atoms with E-state index in [-0.39, 0.29) is 12.4 Å². The maximum atomic E-state index is 13.1. The number of alkyl halides is 3.